The van der Waals surface area contributed by atoms with Crippen molar-refractivity contribution in [3.05, 3.63) is 0 Å². The zero-order chi connectivity index (χ0) is 18.0. The summed E-state index contributed by atoms with van der Waals surface area (Å²) >= 11 is 0. The van der Waals surface area contributed by atoms with Crippen molar-refractivity contribution in [2.24, 2.45) is 11.3 Å². The molecule has 0 saturated carbocycles. The van der Waals surface area contributed by atoms with Gasteiger partial charge in [0, 0.05) is 6.16 Å². The molecule has 0 saturated heterocycles. The molecule has 0 aromatic carbocycles. The normalized spacial score (nSPS) is 15.4. The molecule has 2 N–H and O–H groups in total. The summed E-state index contributed by atoms with van der Waals surface area (Å²) in [4.78, 5) is 31.5. The SMILES string of the molecule is CC(CCC(F)NC(=O)OCOC(=O)C(C)(C)C)CC[PH](=O)O. The zero-order valence-corrected chi connectivity index (χ0v) is 15.1. The second-order valence-electron chi connectivity index (χ2n) is 6.46. The number of amides is 1. The van der Waals surface area contributed by atoms with Gasteiger partial charge >= 0.3 is 12.1 Å². The Hall–Kier alpha value is -1.14. The first kappa shape index (κ1) is 21.9. The third-order valence-corrected chi connectivity index (χ3v) is 3.75. The number of alkyl halides is 1. The Morgan fingerprint density at radius 3 is 2.35 bits per heavy atom. The van der Waals surface area contributed by atoms with E-state index in [1.54, 1.807) is 20.8 Å². The van der Waals surface area contributed by atoms with Crippen molar-refractivity contribution in [1.29, 1.82) is 0 Å². The highest BCUT2D eigenvalue weighted by molar-refractivity contribution is 7.37. The fourth-order valence-electron chi connectivity index (χ4n) is 1.54. The Morgan fingerprint density at radius 2 is 1.83 bits per heavy atom. The minimum atomic E-state index is -2.49. The summed E-state index contributed by atoms with van der Waals surface area (Å²) in [6.07, 6.45) is -1.30. The average molecular weight is 355 g/mol. The van der Waals surface area contributed by atoms with Gasteiger partial charge < -0.3 is 14.4 Å². The van der Waals surface area contributed by atoms with E-state index in [0.717, 1.165) is 0 Å². The Morgan fingerprint density at radius 1 is 1.22 bits per heavy atom. The number of esters is 1. The van der Waals surface area contributed by atoms with Gasteiger partial charge in [-0.15, -0.1) is 0 Å². The molecule has 136 valence electrons. The molecule has 3 unspecified atom stereocenters. The molecule has 0 fully saturated rings. The molecule has 0 aliphatic rings. The summed E-state index contributed by atoms with van der Waals surface area (Å²) in [5, 5.41) is 1.99. The molecule has 9 heteroatoms. The summed E-state index contributed by atoms with van der Waals surface area (Å²) < 4.78 is 33.4. The number of ether oxygens (including phenoxy) is 2. The van der Waals surface area contributed by atoms with Gasteiger partial charge in [-0.25, -0.2) is 9.18 Å². The van der Waals surface area contributed by atoms with Crippen LogP contribution in [-0.2, 0) is 18.8 Å². The molecular formula is C14H27FNO6P. The number of hydrogen-bond acceptors (Lipinski definition) is 5. The van der Waals surface area contributed by atoms with Crippen LogP contribution in [0.2, 0.25) is 0 Å². The second kappa shape index (κ2) is 10.6. The minimum Gasteiger partial charge on any atom is -0.427 e. The highest BCUT2D eigenvalue weighted by Gasteiger charge is 2.23. The van der Waals surface area contributed by atoms with E-state index >= 15 is 0 Å². The third kappa shape index (κ3) is 12.0. The first-order valence-electron chi connectivity index (χ1n) is 7.48. The third-order valence-electron chi connectivity index (χ3n) is 3.03. The number of hydrogen-bond donors (Lipinski definition) is 2. The van der Waals surface area contributed by atoms with Crippen molar-refractivity contribution in [3.8, 4) is 0 Å². The number of carbonyl (C=O) groups is 2. The Bertz CT molecular complexity index is 413. The molecule has 0 spiro atoms. The quantitative estimate of drug-likeness (QED) is 0.285. The average Bonchev–Trinajstić information content (AvgIpc) is 2.41. The van der Waals surface area contributed by atoms with Crippen LogP contribution in [0, 0.1) is 11.3 Å². The van der Waals surface area contributed by atoms with Crippen molar-refractivity contribution in [2.75, 3.05) is 13.0 Å². The molecule has 0 heterocycles. The maximum atomic E-state index is 13.6. The fourth-order valence-corrected chi connectivity index (χ4v) is 2.28. The molecule has 0 aliphatic heterocycles. The summed E-state index contributed by atoms with van der Waals surface area (Å²) in [6.45, 7) is 6.24. The van der Waals surface area contributed by atoms with E-state index in [-0.39, 0.29) is 18.5 Å². The van der Waals surface area contributed by atoms with E-state index in [1.165, 1.54) is 0 Å². The predicted molar refractivity (Wildman–Crippen MR) is 84.0 cm³/mol. The number of halogens is 1. The van der Waals surface area contributed by atoms with Crippen LogP contribution in [0.5, 0.6) is 0 Å². The van der Waals surface area contributed by atoms with Crippen LogP contribution in [0.1, 0.15) is 47.0 Å². The molecule has 0 aromatic heterocycles. The van der Waals surface area contributed by atoms with E-state index in [9.17, 15) is 18.5 Å². The van der Waals surface area contributed by atoms with E-state index in [1.807, 2.05) is 12.2 Å². The van der Waals surface area contributed by atoms with Gasteiger partial charge in [-0.05, 0) is 46.0 Å². The largest absolute Gasteiger partial charge is 0.427 e. The standard InChI is InChI=1S/C14H27FNO6P/c1-10(7-8-23(19)20)5-6-11(15)16-13(18)22-9-21-12(17)14(2,3)4/h10-11,23H,5-9H2,1-4H3,(H,16,18)(H,19,20). The van der Waals surface area contributed by atoms with Crippen LogP contribution in [0.15, 0.2) is 0 Å². The molecule has 0 bridgehead atoms. The van der Waals surface area contributed by atoms with Crippen LogP contribution in [0.3, 0.4) is 0 Å². The predicted octanol–water partition coefficient (Wildman–Crippen LogP) is 2.83. The lowest BCUT2D eigenvalue weighted by Gasteiger charge is -2.17. The van der Waals surface area contributed by atoms with E-state index in [0.29, 0.717) is 12.8 Å². The van der Waals surface area contributed by atoms with Crippen molar-refractivity contribution in [3.63, 3.8) is 0 Å². The molecule has 1 amide bonds. The molecule has 23 heavy (non-hydrogen) atoms. The van der Waals surface area contributed by atoms with Crippen LogP contribution in [0.25, 0.3) is 0 Å². The number of alkyl carbamates (subject to hydrolysis) is 1. The Balaban J connectivity index is 3.85. The Kier molecular flexibility index (Phi) is 10.1. The topological polar surface area (TPSA) is 102 Å². The van der Waals surface area contributed by atoms with Gasteiger partial charge in [-0.1, -0.05) is 6.92 Å². The molecular weight excluding hydrogens is 328 g/mol. The molecule has 7 nitrogen and oxygen atoms in total. The number of rotatable bonds is 9. The van der Waals surface area contributed by atoms with E-state index in [2.05, 4.69) is 4.74 Å². The van der Waals surface area contributed by atoms with Gasteiger partial charge in [0.15, 0.2) is 14.3 Å². The van der Waals surface area contributed by atoms with Gasteiger partial charge in [0.05, 0.1) is 5.41 Å². The van der Waals surface area contributed by atoms with Gasteiger partial charge in [-0.3, -0.25) is 14.7 Å². The lowest BCUT2D eigenvalue weighted by Crippen LogP contribution is -2.33. The number of nitrogens with one attached hydrogen (secondary N) is 1. The van der Waals surface area contributed by atoms with Crippen LogP contribution >= 0.6 is 8.03 Å². The minimum absolute atomic E-state index is 0.0738. The summed E-state index contributed by atoms with van der Waals surface area (Å²) in [7, 11) is -2.49. The highest BCUT2D eigenvalue weighted by Crippen LogP contribution is 2.21. The first-order chi connectivity index (χ1) is 10.5. The molecule has 0 aliphatic carbocycles. The van der Waals surface area contributed by atoms with Gasteiger partial charge in [0.2, 0.25) is 6.79 Å². The van der Waals surface area contributed by atoms with E-state index < -0.39 is 38.6 Å². The lowest BCUT2D eigenvalue weighted by atomic mass is 9.98. The maximum Gasteiger partial charge on any atom is 0.412 e. The zero-order valence-electron chi connectivity index (χ0n) is 14.1. The lowest BCUT2D eigenvalue weighted by molar-refractivity contribution is -0.161. The molecule has 0 aromatic rings. The Labute approximate surface area is 136 Å². The fraction of sp³-hybridized carbons (Fsp3) is 0.857. The van der Waals surface area contributed by atoms with Crippen LogP contribution in [0.4, 0.5) is 9.18 Å². The summed E-state index contributed by atoms with van der Waals surface area (Å²) in [5.41, 5.74) is -0.710. The van der Waals surface area contributed by atoms with Gasteiger partial charge in [0.1, 0.15) is 0 Å². The molecule has 0 radical (unpaired) electrons. The summed E-state index contributed by atoms with van der Waals surface area (Å²) in [5.74, 6) is -0.445. The molecule has 0 rings (SSSR count). The first-order valence-corrected chi connectivity index (χ1v) is 9.05. The maximum absolute atomic E-state index is 13.6. The summed E-state index contributed by atoms with van der Waals surface area (Å²) in [6, 6.07) is 0. The second-order valence-corrected chi connectivity index (χ2v) is 7.75. The molecule has 3 atom stereocenters. The van der Waals surface area contributed by atoms with E-state index in [4.69, 9.17) is 9.63 Å². The number of carbonyl (C=O) groups excluding carboxylic acids is 2. The van der Waals surface area contributed by atoms with Crippen molar-refractivity contribution < 1.29 is 32.9 Å². The van der Waals surface area contributed by atoms with Crippen molar-refractivity contribution in [1.82, 2.24) is 5.32 Å². The van der Waals surface area contributed by atoms with Crippen molar-refractivity contribution in [2.45, 2.75) is 53.3 Å². The monoisotopic (exact) mass is 355 g/mol. The van der Waals surface area contributed by atoms with Crippen molar-refractivity contribution >= 4 is 20.1 Å². The van der Waals surface area contributed by atoms with Crippen LogP contribution in [-0.4, -0.2) is 36.2 Å². The highest BCUT2D eigenvalue weighted by atomic mass is 31.1. The smallest absolute Gasteiger partial charge is 0.412 e. The van der Waals surface area contributed by atoms with Gasteiger partial charge in [-0.2, -0.15) is 0 Å². The van der Waals surface area contributed by atoms with Gasteiger partial charge in [0.25, 0.3) is 0 Å². The van der Waals surface area contributed by atoms with Crippen LogP contribution < -0.4 is 5.32 Å².